The summed E-state index contributed by atoms with van der Waals surface area (Å²) >= 11 is 0. The zero-order valence-corrected chi connectivity index (χ0v) is 11.6. The Morgan fingerprint density at radius 1 is 1.24 bits per heavy atom. The molecule has 1 saturated carbocycles. The van der Waals surface area contributed by atoms with Crippen molar-refractivity contribution in [2.75, 3.05) is 6.54 Å². The molecule has 0 aromatic heterocycles. The molecule has 0 bridgehead atoms. The van der Waals surface area contributed by atoms with Gasteiger partial charge in [0.05, 0.1) is 10.5 Å². The fourth-order valence-corrected chi connectivity index (χ4v) is 2.67. The first-order valence-corrected chi connectivity index (χ1v) is 6.97. The third-order valence-electron chi connectivity index (χ3n) is 3.87. The normalized spacial score (nSPS) is 17.7. The van der Waals surface area contributed by atoms with Gasteiger partial charge in [0.1, 0.15) is 5.82 Å². The molecule has 21 heavy (non-hydrogen) atoms. The molecule has 0 radical (unpaired) electrons. The van der Waals surface area contributed by atoms with Gasteiger partial charge in [-0.15, -0.1) is 0 Å². The second kappa shape index (κ2) is 6.44. The molecule has 0 heterocycles. The summed E-state index contributed by atoms with van der Waals surface area (Å²) in [6.07, 6.45) is 4.38. The molecule has 1 aromatic rings. The van der Waals surface area contributed by atoms with Crippen LogP contribution >= 0.6 is 0 Å². The molecule has 0 atom stereocenters. The van der Waals surface area contributed by atoms with Crippen molar-refractivity contribution in [3.8, 4) is 0 Å². The number of nitrogens with zero attached hydrogens (tertiary/aromatic N) is 1. The van der Waals surface area contributed by atoms with E-state index in [0.29, 0.717) is 18.9 Å². The number of nitrogens with one attached hydrogen (secondary N) is 1. The van der Waals surface area contributed by atoms with Crippen LogP contribution in [0, 0.1) is 21.7 Å². The minimum absolute atomic E-state index is 0.00919. The van der Waals surface area contributed by atoms with E-state index < -0.39 is 27.8 Å². The highest BCUT2D eigenvalue weighted by atomic mass is 19.1. The quantitative estimate of drug-likeness (QED) is 0.647. The van der Waals surface area contributed by atoms with E-state index in [1.165, 1.54) is 0 Å². The van der Waals surface area contributed by atoms with Crippen LogP contribution in [0.2, 0.25) is 0 Å². The first kappa shape index (κ1) is 15.8. The standard InChI is InChI=1S/C14H18F2N2O3/c15-11-7-12(16)13(18(20)21)6-10(11)8-17-9-14(19)4-2-1-3-5-14/h6-7,17,19H,1-5,8-9H2. The van der Waals surface area contributed by atoms with Crippen LogP contribution in [0.25, 0.3) is 0 Å². The number of hydrogen-bond acceptors (Lipinski definition) is 4. The third kappa shape index (κ3) is 3.95. The Balaban J connectivity index is 1.99. The summed E-state index contributed by atoms with van der Waals surface area (Å²) in [6, 6.07) is 1.41. The molecule has 116 valence electrons. The number of aliphatic hydroxyl groups is 1. The van der Waals surface area contributed by atoms with Crippen molar-refractivity contribution in [2.24, 2.45) is 0 Å². The average molecular weight is 300 g/mol. The smallest absolute Gasteiger partial charge is 0.305 e. The van der Waals surface area contributed by atoms with E-state index in [1.54, 1.807) is 0 Å². The van der Waals surface area contributed by atoms with Gasteiger partial charge in [-0.3, -0.25) is 10.1 Å². The van der Waals surface area contributed by atoms with Crippen molar-refractivity contribution in [1.82, 2.24) is 5.32 Å². The molecular formula is C14H18F2N2O3. The largest absolute Gasteiger partial charge is 0.389 e. The van der Waals surface area contributed by atoms with Gasteiger partial charge in [-0.1, -0.05) is 19.3 Å². The number of nitro groups is 1. The van der Waals surface area contributed by atoms with Crippen LogP contribution in [0.5, 0.6) is 0 Å². The lowest BCUT2D eigenvalue weighted by molar-refractivity contribution is -0.387. The number of nitro benzene ring substituents is 1. The summed E-state index contributed by atoms with van der Waals surface area (Å²) in [5.41, 5.74) is -1.53. The predicted molar refractivity (Wildman–Crippen MR) is 72.8 cm³/mol. The molecule has 0 amide bonds. The lowest BCUT2D eigenvalue weighted by Gasteiger charge is -2.32. The molecule has 0 spiro atoms. The third-order valence-corrected chi connectivity index (χ3v) is 3.87. The van der Waals surface area contributed by atoms with Crippen molar-refractivity contribution >= 4 is 5.69 Å². The van der Waals surface area contributed by atoms with Gasteiger partial charge in [0.25, 0.3) is 0 Å². The molecule has 0 aliphatic heterocycles. The van der Waals surface area contributed by atoms with E-state index in [4.69, 9.17) is 0 Å². The lowest BCUT2D eigenvalue weighted by atomic mass is 9.85. The second-order valence-electron chi connectivity index (χ2n) is 5.54. The van der Waals surface area contributed by atoms with Crippen molar-refractivity contribution in [3.63, 3.8) is 0 Å². The van der Waals surface area contributed by atoms with Crippen LogP contribution in [-0.4, -0.2) is 22.2 Å². The molecule has 2 N–H and O–H groups in total. The van der Waals surface area contributed by atoms with Gasteiger partial charge in [0.15, 0.2) is 0 Å². The molecule has 1 fully saturated rings. The minimum atomic E-state index is -1.19. The van der Waals surface area contributed by atoms with E-state index >= 15 is 0 Å². The summed E-state index contributed by atoms with van der Waals surface area (Å²) in [4.78, 5) is 9.76. The molecule has 1 aromatic carbocycles. The maximum atomic E-state index is 13.6. The summed E-state index contributed by atoms with van der Waals surface area (Å²) in [6.45, 7) is 0.298. The Bertz CT molecular complexity index is 531. The highest BCUT2D eigenvalue weighted by Gasteiger charge is 2.28. The molecule has 1 aliphatic carbocycles. The Morgan fingerprint density at radius 2 is 1.90 bits per heavy atom. The van der Waals surface area contributed by atoms with Gasteiger partial charge in [-0.25, -0.2) is 4.39 Å². The Hall–Kier alpha value is -1.60. The van der Waals surface area contributed by atoms with Crippen LogP contribution in [-0.2, 0) is 6.54 Å². The van der Waals surface area contributed by atoms with E-state index in [2.05, 4.69) is 5.32 Å². The molecule has 2 rings (SSSR count). The number of rotatable bonds is 5. The minimum Gasteiger partial charge on any atom is -0.389 e. The predicted octanol–water partition coefficient (Wildman–Crippen LogP) is 2.66. The zero-order valence-electron chi connectivity index (χ0n) is 11.6. The average Bonchev–Trinajstić information content (AvgIpc) is 2.41. The van der Waals surface area contributed by atoms with E-state index in [0.717, 1.165) is 25.3 Å². The van der Waals surface area contributed by atoms with Crippen molar-refractivity contribution in [2.45, 2.75) is 44.2 Å². The van der Waals surface area contributed by atoms with Crippen molar-refractivity contribution < 1.29 is 18.8 Å². The summed E-state index contributed by atoms with van der Waals surface area (Å²) in [5.74, 6) is -2.02. The van der Waals surface area contributed by atoms with Gasteiger partial charge in [-0.2, -0.15) is 4.39 Å². The van der Waals surface area contributed by atoms with Crippen LogP contribution in [0.15, 0.2) is 12.1 Å². The SMILES string of the molecule is O=[N+]([O-])c1cc(CNCC2(O)CCCCC2)c(F)cc1F. The van der Waals surface area contributed by atoms with Crippen LogP contribution in [0.4, 0.5) is 14.5 Å². The van der Waals surface area contributed by atoms with Crippen LogP contribution in [0.1, 0.15) is 37.7 Å². The Kier molecular flexibility index (Phi) is 4.84. The summed E-state index contributed by atoms with van der Waals surface area (Å²) < 4.78 is 26.8. The van der Waals surface area contributed by atoms with Gasteiger partial charge in [-0.05, 0) is 12.8 Å². The molecule has 1 aliphatic rings. The number of halogens is 2. The van der Waals surface area contributed by atoms with Gasteiger partial charge in [0.2, 0.25) is 5.82 Å². The summed E-state index contributed by atoms with van der Waals surface area (Å²) in [7, 11) is 0. The van der Waals surface area contributed by atoms with E-state index in [-0.39, 0.29) is 18.7 Å². The maximum Gasteiger partial charge on any atom is 0.305 e. The monoisotopic (exact) mass is 300 g/mol. The number of hydrogen-bond donors (Lipinski definition) is 2. The molecule has 0 saturated heterocycles. The van der Waals surface area contributed by atoms with Crippen LogP contribution < -0.4 is 5.32 Å². The molecule has 7 heteroatoms. The van der Waals surface area contributed by atoms with Crippen molar-refractivity contribution in [3.05, 3.63) is 39.4 Å². The fraction of sp³-hybridized carbons (Fsp3) is 0.571. The first-order chi connectivity index (χ1) is 9.91. The van der Waals surface area contributed by atoms with Gasteiger partial charge < -0.3 is 10.4 Å². The Morgan fingerprint density at radius 3 is 2.52 bits per heavy atom. The Labute approximate surface area is 121 Å². The van der Waals surface area contributed by atoms with Gasteiger partial charge in [0, 0.05) is 30.8 Å². The fourth-order valence-electron chi connectivity index (χ4n) is 2.67. The number of benzene rings is 1. The van der Waals surface area contributed by atoms with Crippen LogP contribution in [0.3, 0.4) is 0 Å². The zero-order chi connectivity index (χ0) is 15.5. The highest BCUT2D eigenvalue weighted by molar-refractivity contribution is 5.37. The highest BCUT2D eigenvalue weighted by Crippen LogP contribution is 2.27. The molecular weight excluding hydrogens is 282 g/mol. The maximum absolute atomic E-state index is 13.6. The van der Waals surface area contributed by atoms with Crippen molar-refractivity contribution in [1.29, 1.82) is 0 Å². The van der Waals surface area contributed by atoms with E-state index in [9.17, 15) is 24.0 Å². The first-order valence-electron chi connectivity index (χ1n) is 6.97. The van der Waals surface area contributed by atoms with E-state index in [1.807, 2.05) is 0 Å². The topological polar surface area (TPSA) is 75.4 Å². The molecule has 5 nitrogen and oxygen atoms in total. The summed E-state index contributed by atoms with van der Waals surface area (Å²) in [5, 5.41) is 23.8. The lowest BCUT2D eigenvalue weighted by Crippen LogP contribution is -2.42. The second-order valence-corrected chi connectivity index (χ2v) is 5.54. The van der Waals surface area contributed by atoms with Gasteiger partial charge >= 0.3 is 5.69 Å². The molecule has 0 unspecified atom stereocenters.